The summed E-state index contributed by atoms with van der Waals surface area (Å²) in [5.74, 6) is -0.268. The van der Waals surface area contributed by atoms with E-state index < -0.39 is 22.2 Å². The van der Waals surface area contributed by atoms with Gasteiger partial charge in [-0.1, -0.05) is 60.2 Å². The van der Waals surface area contributed by atoms with Crippen LogP contribution in [-0.4, -0.2) is 30.5 Å². The van der Waals surface area contributed by atoms with Crippen molar-refractivity contribution < 1.29 is 13.5 Å². The van der Waals surface area contributed by atoms with Gasteiger partial charge >= 0.3 is 0 Å². The largest absolute Gasteiger partial charge is 0.392 e. The molecule has 1 heterocycles. The fraction of sp³-hybridized carbons (Fsp3) is 0.333. The fourth-order valence-corrected chi connectivity index (χ4v) is 5.18. The van der Waals surface area contributed by atoms with Crippen molar-refractivity contribution in [2.45, 2.75) is 37.3 Å². The van der Waals surface area contributed by atoms with E-state index in [9.17, 15) is 13.5 Å². The molecule has 1 aliphatic heterocycles. The number of hydrogen-bond acceptors (Lipinski definition) is 3. The van der Waals surface area contributed by atoms with Gasteiger partial charge in [-0.3, -0.25) is 0 Å². The number of nitrogens with zero attached hydrogens (tertiary/aromatic N) is 1. The van der Waals surface area contributed by atoms with Crippen LogP contribution in [0.25, 0.3) is 0 Å². The number of benzene rings is 2. The van der Waals surface area contributed by atoms with Gasteiger partial charge < -0.3 is 5.11 Å². The molecule has 0 bridgehead atoms. The number of aliphatic hydroxyl groups is 1. The first-order chi connectivity index (χ1) is 12.3. The van der Waals surface area contributed by atoms with Crippen LogP contribution in [0.5, 0.6) is 0 Å². The van der Waals surface area contributed by atoms with Gasteiger partial charge in [0.05, 0.1) is 17.0 Å². The molecule has 0 spiro atoms. The maximum absolute atomic E-state index is 13.4. The molecule has 0 aromatic heterocycles. The van der Waals surface area contributed by atoms with Gasteiger partial charge in [0.25, 0.3) is 0 Å². The molecule has 0 unspecified atom stereocenters. The summed E-state index contributed by atoms with van der Waals surface area (Å²) in [5, 5.41) is 10.6. The Morgan fingerprint density at radius 3 is 2.31 bits per heavy atom. The number of aryl methyl sites for hydroxylation is 1. The normalized spacial score (nSPS) is 24.3. The SMILES string of the molecule is C=C(C)[C@H]1CN(S(=O)(=O)c2ccc(C)cc2)[C@@H](c2ccccc2)C[C@@H]1O. The van der Waals surface area contributed by atoms with Crippen LogP contribution in [0.4, 0.5) is 0 Å². The maximum Gasteiger partial charge on any atom is 0.243 e. The van der Waals surface area contributed by atoms with Crippen LogP contribution in [0.1, 0.15) is 30.5 Å². The Labute approximate surface area is 155 Å². The molecule has 3 rings (SSSR count). The van der Waals surface area contributed by atoms with Crippen molar-refractivity contribution in [2.75, 3.05) is 6.54 Å². The lowest BCUT2D eigenvalue weighted by molar-refractivity contribution is 0.0420. The molecule has 0 radical (unpaired) electrons. The summed E-state index contributed by atoms with van der Waals surface area (Å²) >= 11 is 0. The van der Waals surface area contributed by atoms with E-state index in [-0.39, 0.29) is 17.4 Å². The number of aliphatic hydroxyl groups excluding tert-OH is 1. The quantitative estimate of drug-likeness (QED) is 0.834. The average Bonchev–Trinajstić information content (AvgIpc) is 2.62. The van der Waals surface area contributed by atoms with Crippen LogP contribution in [0.2, 0.25) is 0 Å². The summed E-state index contributed by atoms with van der Waals surface area (Å²) < 4.78 is 28.3. The highest BCUT2D eigenvalue weighted by Crippen LogP contribution is 2.39. The minimum Gasteiger partial charge on any atom is -0.392 e. The molecule has 4 nitrogen and oxygen atoms in total. The number of piperidine rings is 1. The monoisotopic (exact) mass is 371 g/mol. The molecule has 2 aromatic carbocycles. The highest BCUT2D eigenvalue weighted by molar-refractivity contribution is 7.89. The molecule has 1 fully saturated rings. The van der Waals surface area contributed by atoms with E-state index in [1.165, 1.54) is 4.31 Å². The van der Waals surface area contributed by atoms with Crippen molar-refractivity contribution in [3.05, 3.63) is 77.9 Å². The fourth-order valence-electron chi connectivity index (χ4n) is 3.53. The van der Waals surface area contributed by atoms with Crippen molar-refractivity contribution in [3.8, 4) is 0 Å². The summed E-state index contributed by atoms with van der Waals surface area (Å²) in [7, 11) is -3.68. The van der Waals surface area contributed by atoms with Crippen LogP contribution >= 0.6 is 0 Å². The molecular weight excluding hydrogens is 346 g/mol. The van der Waals surface area contributed by atoms with Crippen molar-refractivity contribution in [1.82, 2.24) is 4.31 Å². The van der Waals surface area contributed by atoms with Crippen molar-refractivity contribution >= 4 is 10.0 Å². The third-order valence-electron chi connectivity index (χ3n) is 5.10. The van der Waals surface area contributed by atoms with E-state index in [0.29, 0.717) is 6.42 Å². The van der Waals surface area contributed by atoms with E-state index in [1.54, 1.807) is 24.3 Å². The molecule has 1 N–H and O–H groups in total. The minimum absolute atomic E-state index is 0.228. The first-order valence-corrected chi connectivity index (χ1v) is 10.2. The topological polar surface area (TPSA) is 57.6 Å². The number of sulfonamides is 1. The van der Waals surface area contributed by atoms with E-state index in [2.05, 4.69) is 6.58 Å². The van der Waals surface area contributed by atoms with E-state index in [4.69, 9.17) is 0 Å². The van der Waals surface area contributed by atoms with Gasteiger partial charge in [-0.05, 0) is 38.0 Å². The minimum atomic E-state index is -3.68. The third-order valence-corrected chi connectivity index (χ3v) is 6.99. The van der Waals surface area contributed by atoms with E-state index >= 15 is 0 Å². The Balaban J connectivity index is 2.05. The van der Waals surface area contributed by atoms with Crippen LogP contribution in [0, 0.1) is 12.8 Å². The maximum atomic E-state index is 13.4. The zero-order valence-corrected chi connectivity index (χ0v) is 16.0. The van der Waals surface area contributed by atoms with E-state index in [1.807, 2.05) is 44.2 Å². The third kappa shape index (κ3) is 3.61. The summed E-state index contributed by atoms with van der Waals surface area (Å²) in [6, 6.07) is 16.0. The lowest BCUT2D eigenvalue weighted by atomic mass is 9.85. The smallest absolute Gasteiger partial charge is 0.243 e. The second-order valence-electron chi connectivity index (χ2n) is 7.07. The second kappa shape index (κ2) is 7.35. The van der Waals surface area contributed by atoms with Gasteiger partial charge in [-0.25, -0.2) is 8.42 Å². The van der Waals surface area contributed by atoms with Gasteiger partial charge in [0.2, 0.25) is 10.0 Å². The molecule has 0 saturated carbocycles. The average molecular weight is 372 g/mol. The molecule has 1 aliphatic rings. The number of rotatable bonds is 4. The molecule has 0 aliphatic carbocycles. The Hall–Kier alpha value is -1.95. The molecule has 138 valence electrons. The number of hydrogen-bond donors (Lipinski definition) is 1. The first-order valence-electron chi connectivity index (χ1n) is 8.77. The highest BCUT2D eigenvalue weighted by atomic mass is 32.2. The van der Waals surface area contributed by atoms with Gasteiger partial charge in [-0.2, -0.15) is 4.31 Å². The van der Waals surface area contributed by atoms with Crippen LogP contribution in [0.15, 0.2) is 71.6 Å². The van der Waals surface area contributed by atoms with Crippen molar-refractivity contribution in [1.29, 1.82) is 0 Å². The van der Waals surface area contributed by atoms with Gasteiger partial charge in [0, 0.05) is 12.5 Å². The Kier molecular flexibility index (Phi) is 5.32. The summed E-state index contributed by atoms with van der Waals surface area (Å²) in [6.07, 6.45) is -0.255. The first kappa shape index (κ1) is 18.8. The van der Waals surface area contributed by atoms with E-state index in [0.717, 1.165) is 16.7 Å². The molecule has 1 saturated heterocycles. The summed E-state index contributed by atoms with van der Waals surface area (Å²) in [5.41, 5.74) is 2.70. The molecule has 2 aromatic rings. The second-order valence-corrected chi connectivity index (χ2v) is 8.96. The summed E-state index contributed by atoms with van der Waals surface area (Å²) in [6.45, 7) is 7.94. The standard InChI is InChI=1S/C21H25NO3S/c1-15(2)19-14-22(26(24,25)18-11-9-16(3)10-12-18)20(13-21(19)23)17-7-5-4-6-8-17/h4-12,19-21,23H,1,13-14H2,2-3H3/t19-,20-,21+/m1/s1. The van der Waals surface area contributed by atoms with Crippen LogP contribution in [0.3, 0.4) is 0 Å². The Morgan fingerprint density at radius 1 is 1.12 bits per heavy atom. The lowest BCUT2D eigenvalue weighted by Crippen LogP contribution is -2.48. The van der Waals surface area contributed by atoms with Gasteiger partial charge in [-0.15, -0.1) is 0 Å². The molecular formula is C21H25NO3S. The summed E-state index contributed by atoms with van der Waals surface area (Å²) in [4.78, 5) is 0.279. The van der Waals surface area contributed by atoms with Gasteiger partial charge in [0.15, 0.2) is 0 Å². The lowest BCUT2D eigenvalue weighted by Gasteiger charge is -2.42. The molecule has 3 atom stereocenters. The zero-order chi connectivity index (χ0) is 18.9. The molecule has 26 heavy (non-hydrogen) atoms. The van der Waals surface area contributed by atoms with Crippen molar-refractivity contribution in [2.24, 2.45) is 5.92 Å². The Bertz CT molecular complexity index is 875. The molecule has 0 amide bonds. The highest BCUT2D eigenvalue weighted by Gasteiger charge is 2.42. The zero-order valence-electron chi connectivity index (χ0n) is 15.2. The predicted molar refractivity (Wildman–Crippen MR) is 103 cm³/mol. The van der Waals surface area contributed by atoms with Gasteiger partial charge in [0.1, 0.15) is 0 Å². The van der Waals surface area contributed by atoms with Crippen LogP contribution < -0.4 is 0 Å². The Morgan fingerprint density at radius 2 is 1.73 bits per heavy atom. The predicted octanol–water partition coefficient (Wildman–Crippen LogP) is 3.68. The van der Waals surface area contributed by atoms with Crippen LogP contribution in [-0.2, 0) is 10.0 Å². The molecule has 5 heteroatoms. The van der Waals surface area contributed by atoms with Crippen molar-refractivity contribution in [3.63, 3.8) is 0 Å².